The lowest BCUT2D eigenvalue weighted by molar-refractivity contribution is -0.121. The van der Waals surface area contributed by atoms with Crippen molar-refractivity contribution in [1.29, 1.82) is 0 Å². The average molecular weight is 307 g/mol. The number of carbonyl (C=O) groups is 2. The number of unbranched alkanes of at least 4 members (excludes halogenated alkanes) is 1. The molecule has 0 aliphatic carbocycles. The molecule has 0 aromatic heterocycles. The molecule has 0 fully saturated rings. The van der Waals surface area contributed by atoms with Gasteiger partial charge in [0.15, 0.2) is 0 Å². The van der Waals surface area contributed by atoms with E-state index in [0.29, 0.717) is 11.4 Å². The molecule has 1 aromatic rings. The van der Waals surface area contributed by atoms with Gasteiger partial charge in [0.05, 0.1) is 13.7 Å². The number of imide groups is 1. The lowest BCUT2D eigenvalue weighted by Crippen LogP contribution is -2.42. The van der Waals surface area contributed by atoms with Crippen LogP contribution in [0, 0.1) is 0 Å². The zero-order valence-corrected chi connectivity index (χ0v) is 13.5. The molecule has 0 saturated heterocycles. The second-order valence-corrected chi connectivity index (χ2v) is 4.95. The Balaban J connectivity index is 2.40. The molecule has 0 saturated carbocycles. The molecule has 122 valence electrons. The van der Waals surface area contributed by atoms with Crippen LogP contribution in [-0.2, 0) is 4.79 Å². The van der Waals surface area contributed by atoms with Crippen LogP contribution in [0.25, 0.3) is 0 Å². The number of nitrogens with one attached hydrogen (secondary N) is 2. The van der Waals surface area contributed by atoms with Crippen LogP contribution >= 0.6 is 0 Å². The summed E-state index contributed by atoms with van der Waals surface area (Å²) in [5.41, 5.74) is 0.601. The van der Waals surface area contributed by atoms with E-state index in [0.717, 1.165) is 25.9 Å². The molecule has 0 atom stereocenters. The third-order valence-corrected chi connectivity index (χ3v) is 3.24. The number of methoxy groups -OCH3 is 1. The van der Waals surface area contributed by atoms with Gasteiger partial charge in [0.25, 0.3) is 0 Å². The van der Waals surface area contributed by atoms with Crippen LogP contribution < -0.4 is 15.4 Å². The highest BCUT2D eigenvalue weighted by Crippen LogP contribution is 2.14. The predicted molar refractivity (Wildman–Crippen MR) is 87.2 cm³/mol. The van der Waals surface area contributed by atoms with E-state index in [9.17, 15) is 9.59 Å². The van der Waals surface area contributed by atoms with Gasteiger partial charge in [-0.3, -0.25) is 15.0 Å². The molecule has 3 amide bonds. The first-order valence-electron chi connectivity index (χ1n) is 7.56. The summed E-state index contributed by atoms with van der Waals surface area (Å²) >= 11 is 0. The Morgan fingerprint density at radius 3 is 2.41 bits per heavy atom. The van der Waals surface area contributed by atoms with Crippen LogP contribution in [-0.4, -0.2) is 43.6 Å². The highest BCUT2D eigenvalue weighted by atomic mass is 16.5. The summed E-state index contributed by atoms with van der Waals surface area (Å²) in [5.74, 6) is 0.403. The number of ether oxygens (including phenoxy) is 1. The number of likely N-dealkylation sites (N-methyl/N-ethyl adjacent to an activating group) is 1. The zero-order chi connectivity index (χ0) is 16.4. The first-order chi connectivity index (χ1) is 10.6. The minimum absolute atomic E-state index is 0.229. The average Bonchev–Trinajstić information content (AvgIpc) is 2.51. The summed E-state index contributed by atoms with van der Waals surface area (Å²) in [7, 11) is 1.58. The predicted octanol–water partition coefficient (Wildman–Crippen LogP) is 2.47. The number of rotatable bonds is 8. The third-order valence-electron chi connectivity index (χ3n) is 3.24. The monoisotopic (exact) mass is 307 g/mol. The molecular weight excluding hydrogens is 282 g/mol. The normalized spacial score (nSPS) is 10.4. The molecule has 0 aliphatic heterocycles. The molecule has 0 spiro atoms. The Morgan fingerprint density at radius 1 is 1.18 bits per heavy atom. The van der Waals surface area contributed by atoms with Crippen molar-refractivity contribution >= 4 is 17.6 Å². The summed E-state index contributed by atoms with van der Waals surface area (Å²) in [6.45, 7) is 5.98. The molecule has 1 rings (SSSR count). The van der Waals surface area contributed by atoms with E-state index in [1.54, 1.807) is 31.4 Å². The number of hydrogen-bond donors (Lipinski definition) is 2. The molecule has 22 heavy (non-hydrogen) atoms. The van der Waals surface area contributed by atoms with Crippen molar-refractivity contribution in [2.75, 3.05) is 32.1 Å². The van der Waals surface area contributed by atoms with Gasteiger partial charge in [0.1, 0.15) is 5.75 Å². The first-order valence-corrected chi connectivity index (χ1v) is 7.56. The van der Waals surface area contributed by atoms with Crippen molar-refractivity contribution in [3.8, 4) is 5.75 Å². The largest absolute Gasteiger partial charge is 0.497 e. The SMILES string of the molecule is CCCCN(CC)CC(=O)NC(=O)Nc1ccc(OC)cc1. The Hall–Kier alpha value is -2.08. The maximum Gasteiger partial charge on any atom is 0.325 e. The van der Waals surface area contributed by atoms with E-state index < -0.39 is 6.03 Å². The van der Waals surface area contributed by atoms with Crippen LogP contribution in [0.5, 0.6) is 5.75 Å². The van der Waals surface area contributed by atoms with E-state index in [-0.39, 0.29) is 12.5 Å². The number of anilines is 1. The lowest BCUT2D eigenvalue weighted by atomic mass is 10.3. The topological polar surface area (TPSA) is 70.7 Å². The van der Waals surface area contributed by atoms with Gasteiger partial charge in [0.2, 0.25) is 5.91 Å². The number of nitrogens with zero attached hydrogens (tertiary/aromatic N) is 1. The van der Waals surface area contributed by atoms with E-state index >= 15 is 0 Å². The van der Waals surface area contributed by atoms with Crippen LogP contribution in [0.4, 0.5) is 10.5 Å². The van der Waals surface area contributed by atoms with Gasteiger partial charge < -0.3 is 10.1 Å². The lowest BCUT2D eigenvalue weighted by Gasteiger charge is -2.19. The molecule has 0 heterocycles. The molecule has 2 N–H and O–H groups in total. The molecule has 0 bridgehead atoms. The summed E-state index contributed by atoms with van der Waals surface area (Å²) < 4.78 is 5.04. The second kappa shape index (κ2) is 9.78. The fraction of sp³-hybridized carbons (Fsp3) is 0.500. The minimum atomic E-state index is -0.526. The van der Waals surface area contributed by atoms with E-state index in [4.69, 9.17) is 4.74 Å². The smallest absolute Gasteiger partial charge is 0.325 e. The van der Waals surface area contributed by atoms with Crippen molar-refractivity contribution in [2.45, 2.75) is 26.7 Å². The van der Waals surface area contributed by atoms with E-state index in [2.05, 4.69) is 17.6 Å². The summed E-state index contributed by atoms with van der Waals surface area (Å²) in [6, 6.07) is 6.37. The van der Waals surface area contributed by atoms with Gasteiger partial charge >= 0.3 is 6.03 Å². The molecular formula is C16H25N3O3. The highest BCUT2D eigenvalue weighted by Gasteiger charge is 2.12. The van der Waals surface area contributed by atoms with Gasteiger partial charge in [-0.2, -0.15) is 0 Å². The van der Waals surface area contributed by atoms with E-state index in [1.807, 2.05) is 11.8 Å². The Morgan fingerprint density at radius 2 is 1.86 bits per heavy atom. The number of hydrogen-bond acceptors (Lipinski definition) is 4. The maximum atomic E-state index is 11.8. The Labute approximate surface area is 131 Å². The van der Waals surface area contributed by atoms with Gasteiger partial charge in [-0.25, -0.2) is 4.79 Å². The second-order valence-electron chi connectivity index (χ2n) is 4.95. The summed E-state index contributed by atoms with van der Waals surface area (Å²) in [5, 5.41) is 4.95. The number of benzene rings is 1. The van der Waals surface area contributed by atoms with Crippen molar-refractivity contribution in [3.05, 3.63) is 24.3 Å². The van der Waals surface area contributed by atoms with Crippen molar-refractivity contribution in [3.63, 3.8) is 0 Å². The summed E-state index contributed by atoms with van der Waals surface area (Å²) in [4.78, 5) is 25.6. The van der Waals surface area contributed by atoms with Gasteiger partial charge in [-0.05, 0) is 43.8 Å². The van der Waals surface area contributed by atoms with Crippen molar-refractivity contribution < 1.29 is 14.3 Å². The number of amides is 3. The number of urea groups is 1. The van der Waals surface area contributed by atoms with Gasteiger partial charge in [-0.1, -0.05) is 20.3 Å². The van der Waals surface area contributed by atoms with Gasteiger partial charge in [0, 0.05) is 5.69 Å². The molecule has 1 aromatic carbocycles. The molecule has 6 heteroatoms. The Bertz CT molecular complexity index is 474. The molecule has 0 unspecified atom stereocenters. The first kappa shape index (κ1) is 18.0. The summed E-state index contributed by atoms with van der Waals surface area (Å²) in [6.07, 6.45) is 2.12. The molecule has 0 aliphatic rings. The standard InChI is InChI=1S/C16H25N3O3/c1-4-6-11-19(5-2)12-15(20)18-16(21)17-13-7-9-14(22-3)10-8-13/h7-10H,4-6,11-12H2,1-3H3,(H2,17,18,20,21). The van der Waals surface area contributed by atoms with Crippen LogP contribution in [0.3, 0.4) is 0 Å². The quantitative estimate of drug-likeness (QED) is 0.774. The van der Waals surface area contributed by atoms with Crippen LogP contribution in [0.1, 0.15) is 26.7 Å². The number of carbonyl (C=O) groups excluding carboxylic acids is 2. The third kappa shape index (κ3) is 6.58. The fourth-order valence-electron chi connectivity index (χ4n) is 1.94. The Kier molecular flexibility index (Phi) is 7.99. The van der Waals surface area contributed by atoms with Crippen LogP contribution in [0.2, 0.25) is 0 Å². The van der Waals surface area contributed by atoms with Crippen molar-refractivity contribution in [2.24, 2.45) is 0 Å². The van der Waals surface area contributed by atoms with Crippen LogP contribution in [0.15, 0.2) is 24.3 Å². The minimum Gasteiger partial charge on any atom is -0.497 e. The van der Waals surface area contributed by atoms with E-state index in [1.165, 1.54) is 0 Å². The van der Waals surface area contributed by atoms with Gasteiger partial charge in [-0.15, -0.1) is 0 Å². The molecule has 0 radical (unpaired) electrons. The zero-order valence-electron chi connectivity index (χ0n) is 13.5. The molecule has 6 nitrogen and oxygen atoms in total. The van der Waals surface area contributed by atoms with Crippen molar-refractivity contribution in [1.82, 2.24) is 10.2 Å². The maximum absolute atomic E-state index is 11.8. The highest BCUT2D eigenvalue weighted by molar-refractivity contribution is 6.01. The fourth-order valence-corrected chi connectivity index (χ4v) is 1.94.